The third kappa shape index (κ3) is 2.60. The molecule has 0 saturated heterocycles. The van der Waals surface area contributed by atoms with Crippen LogP contribution in [-0.2, 0) is 6.42 Å². The molecule has 0 N–H and O–H groups in total. The smallest absolute Gasteiger partial charge is 0.201 e. The van der Waals surface area contributed by atoms with Crippen LogP contribution in [0.15, 0.2) is 35.3 Å². The lowest BCUT2D eigenvalue weighted by atomic mass is 9.84. The van der Waals surface area contributed by atoms with E-state index in [9.17, 15) is 4.39 Å². The fourth-order valence-electron chi connectivity index (χ4n) is 3.38. The molecule has 0 amide bonds. The molecule has 4 nitrogen and oxygen atoms in total. The largest absolute Gasteiger partial charge is 0.274 e. The van der Waals surface area contributed by atoms with Crippen LogP contribution in [0.2, 0.25) is 0 Å². The maximum atomic E-state index is 14.1. The summed E-state index contributed by atoms with van der Waals surface area (Å²) in [5, 5.41) is 8.67. The molecule has 1 aliphatic rings. The Kier molecular flexibility index (Phi) is 3.42. The molecular formula is C20H19FN4. The molecule has 0 radical (unpaired) electrons. The zero-order valence-electron chi connectivity index (χ0n) is 14.8. The second kappa shape index (κ2) is 5.41. The number of hydrogen-bond acceptors (Lipinski definition) is 4. The highest BCUT2D eigenvalue weighted by Crippen LogP contribution is 2.31. The molecule has 0 bridgehead atoms. The van der Waals surface area contributed by atoms with Crippen LogP contribution in [0.3, 0.4) is 0 Å². The van der Waals surface area contributed by atoms with Gasteiger partial charge in [-0.2, -0.15) is 0 Å². The fourth-order valence-corrected chi connectivity index (χ4v) is 3.38. The van der Waals surface area contributed by atoms with Gasteiger partial charge in [0.15, 0.2) is 0 Å². The summed E-state index contributed by atoms with van der Waals surface area (Å²) in [5.74, 6) is 0.294. The number of fused-ring (bicyclic) bond motifs is 2. The Bertz CT molecular complexity index is 1040. The number of hydrogen-bond donors (Lipinski definition) is 0. The van der Waals surface area contributed by atoms with Crippen LogP contribution in [0.25, 0.3) is 11.0 Å². The zero-order valence-corrected chi connectivity index (χ0v) is 14.8. The van der Waals surface area contributed by atoms with E-state index in [-0.39, 0.29) is 11.4 Å². The van der Waals surface area contributed by atoms with Gasteiger partial charge in [-0.25, -0.2) is 9.37 Å². The molecule has 0 spiro atoms. The molecular weight excluding hydrogens is 315 g/mol. The molecule has 3 aromatic rings. The molecule has 5 heteroatoms. The van der Waals surface area contributed by atoms with Crippen LogP contribution in [-0.4, -0.2) is 26.4 Å². The number of halogens is 1. The topological polar surface area (TPSA) is 51.0 Å². The van der Waals surface area contributed by atoms with E-state index in [0.717, 1.165) is 27.7 Å². The maximum Gasteiger partial charge on any atom is 0.201 e. The van der Waals surface area contributed by atoms with Crippen LogP contribution in [0.4, 0.5) is 4.39 Å². The summed E-state index contributed by atoms with van der Waals surface area (Å²) in [7, 11) is 0. The molecule has 0 fully saturated rings. The minimum atomic E-state index is -0.341. The predicted molar refractivity (Wildman–Crippen MR) is 96.6 cm³/mol. The molecule has 126 valence electrons. The first kappa shape index (κ1) is 15.8. The van der Waals surface area contributed by atoms with Crippen molar-refractivity contribution in [1.82, 2.24) is 15.2 Å². The van der Waals surface area contributed by atoms with Crippen molar-refractivity contribution < 1.29 is 4.39 Å². The van der Waals surface area contributed by atoms with Crippen LogP contribution in [0, 0.1) is 19.7 Å². The molecule has 2 aromatic carbocycles. The average Bonchev–Trinajstić information content (AvgIpc) is 2.57. The zero-order chi connectivity index (χ0) is 17.8. The molecule has 0 aliphatic carbocycles. The second-order valence-corrected chi connectivity index (χ2v) is 7.23. The first-order valence-corrected chi connectivity index (χ1v) is 8.34. The molecule has 0 unspecified atom stereocenters. The summed E-state index contributed by atoms with van der Waals surface area (Å²) in [4.78, 5) is 9.53. The van der Waals surface area contributed by atoms with Gasteiger partial charge in [0.25, 0.3) is 0 Å². The monoisotopic (exact) mass is 334 g/mol. The predicted octanol–water partition coefficient (Wildman–Crippen LogP) is 3.95. The van der Waals surface area contributed by atoms with Crippen molar-refractivity contribution in [2.45, 2.75) is 39.7 Å². The van der Waals surface area contributed by atoms with E-state index < -0.39 is 0 Å². The summed E-state index contributed by atoms with van der Waals surface area (Å²) in [6, 6.07) is 9.12. The Balaban J connectivity index is 1.96. The highest BCUT2D eigenvalue weighted by Gasteiger charge is 2.30. The number of aromatic nitrogens is 3. The Morgan fingerprint density at radius 2 is 1.84 bits per heavy atom. The van der Waals surface area contributed by atoms with Crippen molar-refractivity contribution in [3.63, 3.8) is 0 Å². The molecule has 4 rings (SSSR count). The summed E-state index contributed by atoms with van der Waals surface area (Å²) in [6.45, 7) is 7.88. The maximum absolute atomic E-state index is 14.1. The number of aliphatic imine (C=N–C) groups is 1. The van der Waals surface area contributed by atoms with Crippen LogP contribution < -0.4 is 0 Å². The lowest BCUT2D eigenvalue weighted by Gasteiger charge is -2.29. The van der Waals surface area contributed by atoms with Gasteiger partial charge in [-0.3, -0.25) is 4.99 Å². The van der Waals surface area contributed by atoms with E-state index >= 15 is 0 Å². The third-order valence-corrected chi connectivity index (χ3v) is 4.71. The van der Waals surface area contributed by atoms with Crippen LogP contribution in [0.5, 0.6) is 0 Å². The lowest BCUT2D eigenvalue weighted by Crippen LogP contribution is -2.31. The average molecular weight is 334 g/mol. The summed E-state index contributed by atoms with van der Waals surface area (Å²) < 4.78 is 14.1. The minimum Gasteiger partial charge on any atom is -0.274 e. The Morgan fingerprint density at radius 1 is 1.04 bits per heavy atom. The molecule has 0 saturated carbocycles. The number of nitrogens with zero attached hydrogens (tertiary/aromatic N) is 4. The van der Waals surface area contributed by atoms with E-state index in [1.165, 1.54) is 6.07 Å². The van der Waals surface area contributed by atoms with Crippen LogP contribution >= 0.6 is 0 Å². The summed E-state index contributed by atoms with van der Waals surface area (Å²) in [5.41, 5.74) is 5.50. The number of benzene rings is 2. The van der Waals surface area contributed by atoms with Gasteiger partial charge in [0.05, 0.1) is 11.1 Å². The fraction of sp³-hybridized carbons (Fsp3) is 0.300. The summed E-state index contributed by atoms with van der Waals surface area (Å²) >= 11 is 0. The first-order valence-electron chi connectivity index (χ1n) is 8.34. The highest BCUT2D eigenvalue weighted by molar-refractivity contribution is 6.13. The normalized spacial score (nSPS) is 15.8. The Morgan fingerprint density at radius 3 is 2.64 bits per heavy atom. The van der Waals surface area contributed by atoms with E-state index in [1.54, 1.807) is 6.07 Å². The first-order chi connectivity index (χ1) is 11.9. The number of aryl methyl sites for hydroxylation is 1. The highest BCUT2D eigenvalue weighted by atomic mass is 19.1. The lowest BCUT2D eigenvalue weighted by molar-refractivity contribution is 0.507. The van der Waals surface area contributed by atoms with Crippen molar-refractivity contribution in [3.8, 4) is 0 Å². The quantitative estimate of drug-likeness (QED) is 0.677. The van der Waals surface area contributed by atoms with Gasteiger partial charge in [-0.15, -0.1) is 10.2 Å². The van der Waals surface area contributed by atoms with Crippen molar-refractivity contribution in [3.05, 3.63) is 64.2 Å². The van der Waals surface area contributed by atoms with Gasteiger partial charge < -0.3 is 0 Å². The van der Waals surface area contributed by atoms with Gasteiger partial charge in [-0.05, 0) is 69.0 Å². The van der Waals surface area contributed by atoms with Gasteiger partial charge >= 0.3 is 0 Å². The standard InChI is InChI=1S/C20H19FN4/c1-11-6-5-7-16-17(11)24-25-19(22-16)18-13-8-9-15(21)12(2)14(13)10-20(3,4)23-18/h5-9H,10H2,1-4H3. The Hall–Kier alpha value is -2.69. The van der Waals surface area contributed by atoms with Gasteiger partial charge in [0, 0.05) is 5.56 Å². The van der Waals surface area contributed by atoms with Gasteiger partial charge in [0.1, 0.15) is 17.0 Å². The minimum absolute atomic E-state index is 0.191. The molecule has 1 aromatic heterocycles. The summed E-state index contributed by atoms with van der Waals surface area (Å²) in [6.07, 6.45) is 0.690. The molecule has 1 aliphatic heterocycles. The number of rotatable bonds is 1. The van der Waals surface area contributed by atoms with E-state index in [4.69, 9.17) is 4.99 Å². The van der Waals surface area contributed by atoms with Crippen LogP contribution in [0.1, 0.15) is 41.9 Å². The Labute approximate surface area is 145 Å². The van der Waals surface area contributed by atoms with E-state index in [2.05, 4.69) is 15.2 Å². The van der Waals surface area contributed by atoms with Crippen molar-refractivity contribution >= 4 is 16.7 Å². The van der Waals surface area contributed by atoms with E-state index in [1.807, 2.05) is 45.9 Å². The van der Waals surface area contributed by atoms with E-state index in [0.29, 0.717) is 23.5 Å². The van der Waals surface area contributed by atoms with Crippen molar-refractivity contribution in [1.29, 1.82) is 0 Å². The SMILES string of the molecule is Cc1c(F)ccc2c1CC(C)(C)N=C2c1nnc2c(C)cccc2n1. The second-order valence-electron chi connectivity index (χ2n) is 7.23. The third-order valence-electron chi connectivity index (χ3n) is 4.71. The van der Waals surface area contributed by atoms with Gasteiger partial charge in [0.2, 0.25) is 5.82 Å². The van der Waals surface area contributed by atoms with Gasteiger partial charge in [-0.1, -0.05) is 12.1 Å². The van der Waals surface area contributed by atoms with Crippen molar-refractivity contribution in [2.75, 3.05) is 0 Å². The molecule has 25 heavy (non-hydrogen) atoms. The molecule has 2 heterocycles. The molecule has 0 atom stereocenters. The van der Waals surface area contributed by atoms with Crippen molar-refractivity contribution in [2.24, 2.45) is 4.99 Å².